The SMILES string of the molecule is Cc1nn(C)c2nc(N3CCC[C@H]3COc3ccccc3)ccc12. The van der Waals surface area contributed by atoms with Crippen LogP contribution in [-0.4, -0.2) is 34.0 Å². The van der Waals surface area contributed by atoms with Crippen molar-refractivity contribution in [2.24, 2.45) is 7.05 Å². The van der Waals surface area contributed by atoms with E-state index in [2.05, 4.69) is 22.1 Å². The van der Waals surface area contributed by atoms with Gasteiger partial charge in [-0.05, 0) is 44.0 Å². The van der Waals surface area contributed by atoms with Gasteiger partial charge in [0.05, 0.1) is 11.7 Å². The summed E-state index contributed by atoms with van der Waals surface area (Å²) in [6.07, 6.45) is 2.31. The Labute approximate surface area is 141 Å². The molecule has 1 saturated heterocycles. The van der Waals surface area contributed by atoms with E-state index in [9.17, 15) is 0 Å². The maximum Gasteiger partial charge on any atom is 0.160 e. The van der Waals surface area contributed by atoms with Gasteiger partial charge in [-0.1, -0.05) is 18.2 Å². The monoisotopic (exact) mass is 322 g/mol. The maximum atomic E-state index is 5.97. The summed E-state index contributed by atoms with van der Waals surface area (Å²) in [5.41, 5.74) is 1.97. The lowest BCUT2D eigenvalue weighted by Crippen LogP contribution is -2.34. The summed E-state index contributed by atoms with van der Waals surface area (Å²) in [6.45, 7) is 3.74. The second kappa shape index (κ2) is 6.15. The Hall–Kier alpha value is -2.56. The summed E-state index contributed by atoms with van der Waals surface area (Å²) in [4.78, 5) is 7.22. The predicted octanol–water partition coefficient (Wildman–Crippen LogP) is 3.32. The summed E-state index contributed by atoms with van der Waals surface area (Å²) in [5.74, 6) is 1.94. The standard InChI is InChI=1S/C19H22N4O/c1-14-17-10-11-18(20-19(17)22(2)21-14)23-12-6-7-15(23)13-24-16-8-4-3-5-9-16/h3-5,8-11,15H,6-7,12-13H2,1-2H3/t15-/m0/s1. The quantitative estimate of drug-likeness (QED) is 0.739. The Balaban J connectivity index is 1.55. The van der Waals surface area contributed by atoms with Gasteiger partial charge < -0.3 is 9.64 Å². The molecule has 5 nitrogen and oxygen atoms in total. The molecular weight excluding hydrogens is 300 g/mol. The molecule has 1 aromatic carbocycles. The highest BCUT2D eigenvalue weighted by molar-refractivity contribution is 5.80. The smallest absolute Gasteiger partial charge is 0.160 e. The zero-order valence-electron chi connectivity index (χ0n) is 14.1. The van der Waals surface area contributed by atoms with E-state index in [0.717, 1.165) is 41.3 Å². The molecule has 0 aliphatic carbocycles. The minimum Gasteiger partial charge on any atom is -0.491 e. The van der Waals surface area contributed by atoms with Gasteiger partial charge in [0, 0.05) is 19.0 Å². The molecule has 0 radical (unpaired) electrons. The number of aromatic nitrogens is 3. The van der Waals surface area contributed by atoms with Crippen molar-refractivity contribution in [3.05, 3.63) is 48.2 Å². The first-order valence-electron chi connectivity index (χ1n) is 8.47. The van der Waals surface area contributed by atoms with Crippen LogP contribution in [0.2, 0.25) is 0 Å². The lowest BCUT2D eigenvalue weighted by Gasteiger charge is -2.25. The van der Waals surface area contributed by atoms with Gasteiger partial charge in [0.15, 0.2) is 5.65 Å². The van der Waals surface area contributed by atoms with Gasteiger partial charge in [0.25, 0.3) is 0 Å². The number of benzene rings is 1. The van der Waals surface area contributed by atoms with Crippen molar-refractivity contribution >= 4 is 16.9 Å². The van der Waals surface area contributed by atoms with Crippen molar-refractivity contribution in [3.8, 4) is 5.75 Å². The molecule has 3 aromatic rings. The van der Waals surface area contributed by atoms with Crippen molar-refractivity contribution < 1.29 is 4.74 Å². The van der Waals surface area contributed by atoms with Crippen LogP contribution in [0.4, 0.5) is 5.82 Å². The highest BCUT2D eigenvalue weighted by Gasteiger charge is 2.26. The number of aryl methyl sites for hydroxylation is 2. The van der Waals surface area contributed by atoms with E-state index in [1.807, 2.05) is 49.0 Å². The Bertz CT molecular complexity index is 843. The Kier molecular flexibility index (Phi) is 3.84. The summed E-state index contributed by atoms with van der Waals surface area (Å²) >= 11 is 0. The number of para-hydroxylation sites is 1. The first kappa shape index (κ1) is 15.0. The fourth-order valence-corrected chi connectivity index (χ4v) is 3.47. The second-order valence-corrected chi connectivity index (χ2v) is 6.36. The Morgan fingerprint density at radius 2 is 2.00 bits per heavy atom. The molecule has 1 aliphatic rings. The topological polar surface area (TPSA) is 43.2 Å². The normalized spacial score (nSPS) is 17.6. The zero-order chi connectivity index (χ0) is 16.5. The molecule has 1 fully saturated rings. The third-order valence-corrected chi connectivity index (χ3v) is 4.71. The molecule has 0 saturated carbocycles. The Morgan fingerprint density at radius 1 is 1.17 bits per heavy atom. The van der Waals surface area contributed by atoms with E-state index in [1.54, 1.807) is 0 Å². The molecule has 0 amide bonds. The second-order valence-electron chi connectivity index (χ2n) is 6.36. The summed E-state index contributed by atoms with van der Waals surface area (Å²) < 4.78 is 7.83. The summed E-state index contributed by atoms with van der Waals surface area (Å²) in [7, 11) is 1.95. The zero-order valence-corrected chi connectivity index (χ0v) is 14.1. The van der Waals surface area contributed by atoms with Gasteiger partial charge >= 0.3 is 0 Å². The van der Waals surface area contributed by atoms with Crippen LogP contribution in [0.15, 0.2) is 42.5 Å². The van der Waals surface area contributed by atoms with E-state index >= 15 is 0 Å². The molecule has 1 aliphatic heterocycles. The first-order chi connectivity index (χ1) is 11.7. The lowest BCUT2D eigenvalue weighted by molar-refractivity contribution is 0.288. The van der Waals surface area contributed by atoms with Gasteiger partial charge in [-0.3, -0.25) is 4.68 Å². The lowest BCUT2D eigenvalue weighted by atomic mass is 10.2. The van der Waals surface area contributed by atoms with Crippen LogP contribution >= 0.6 is 0 Å². The Morgan fingerprint density at radius 3 is 2.83 bits per heavy atom. The molecule has 0 bridgehead atoms. The van der Waals surface area contributed by atoms with E-state index in [-0.39, 0.29) is 0 Å². The highest BCUT2D eigenvalue weighted by atomic mass is 16.5. The number of anilines is 1. The maximum absolute atomic E-state index is 5.97. The number of hydrogen-bond donors (Lipinski definition) is 0. The van der Waals surface area contributed by atoms with Crippen molar-refractivity contribution in [1.29, 1.82) is 0 Å². The van der Waals surface area contributed by atoms with Gasteiger partial charge in [-0.2, -0.15) is 5.10 Å². The van der Waals surface area contributed by atoms with Crippen molar-refractivity contribution in [1.82, 2.24) is 14.8 Å². The van der Waals surface area contributed by atoms with E-state index in [1.165, 1.54) is 6.42 Å². The van der Waals surface area contributed by atoms with Gasteiger partial charge in [-0.15, -0.1) is 0 Å². The summed E-state index contributed by atoms with van der Waals surface area (Å²) in [5, 5.41) is 5.59. The van der Waals surface area contributed by atoms with Crippen LogP contribution in [0.25, 0.3) is 11.0 Å². The molecule has 0 spiro atoms. The number of rotatable bonds is 4. The van der Waals surface area contributed by atoms with Crippen LogP contribution in [0.1, 0.15) is 18.5 Å². The van der Waals surface area contributed by atoms with Crippen LogP contribution < -0.4 is 9.64 Å². The van der Waals surface area contributed by atoms with Crippen LogP contribution in [0.5, 0.6) is 5.75 Å². The van der Waals surface area contributed by atoms with E-state index < -0.39 is 0 Å². The molecule has 5 heteroatoms. The van der Waals surface area contributed by atoms with Gasteiger partial charge in [-0.25, -0.2) is 4.98 Å². The molecule has 0 N–H and O–H groups in total. The minimum absolute atomic E-state index is 0.365. The largest absolute Gasteiger partial charge is 0.491 e. The fraction of sp³-hybridized carbons (Fsp3) is 0.368. The van der Waals surface area contributed by atoms with Crippen LogP contribution in [-0.2, 0) is 7.05 Å². The van der Waals surface area contributed by atoms with E-state index in [4.69, 9.17) is 9.72 Å². The molecule has 24 heavy (non-hydrogen) atoms. The molecule has 124 valence electrons. The molecule has 1 atom stereocenters. The number of ether oxygens (including phenoxy) is 1. The van der Waals surface area contributed by atoms with Crippen LogP contribution in [0, 0.1) is 6.92 Å². The molecule has 0 unspecified atom stereocenters. The van der Waals surface area contributed by atoms with Crippen molar-refractivity contribution in [3.63, 3.8) is 0 Å². The fourth-order valence-electron chi connectivity index (χ4n) is 3.47. The number of fused-ring (bicyclic) bond motifs is 1. The first-order valence-corrected chi connectivity index (χ1v) is 8.47. The predicted molar refractivity (Wildman–Crippen MR) is 95.6 cm³/mol. The summed E-state index contributed by atoms with van der Waals surface area (Å²) in [6, 6.07) is 14.6. The third kappa shape index (κ3) is 2.70. The molecule has 4 rings (SSSR count). The van der Waals surface area contributed by atoms with Crippen molar-refractivity contribution in [2.75, 3.05) is 18.1 Å². The average Bonchev–Trinajstić information content (AvgIpc) is 3.19. The highest BCUT2D eigenvalue weighted by Crippen LogP contribution is 2.27. The van der Waals surface area contributed by atoms with E-state index in [0.29, 0.717) is 12.6 Å². The van der Waals surface area contributed by atoms with Gasteiger partial charge in [0.2, 0.25) is 0 Å². The molecular formula is C19H22N4O. The number of pyridine rings is 1. The number of hydrogen-bond acceptors (Lipinski definition) is 4. The van der Waals surface area contributed by atoms with Crippen molar-refractivity contribution in [2.45, 2.75) is 25.8 Å². The van der Waals surface area contributed by atoms with Crippen LogP contribution in [0.3, 0.4) is 0 Å². The average molecular weight is 322 g/mol. The van der Waals surface area contributed by atoms with Gasteiger partial charge in [0.1, 0.15) is 18.2 Å². The minimum atomic E-state index is 0.365. The number of nitrogens with zero attached hydrogens (tertiary/aromatic N) is 4. The molecule has 2 aromatic heterocycles. The molecule has 3 heterocycles. The third-order valence-electron chi connectivity index (χ3n) is 4.71.